The SMILES string of the molecule is O=C(COc1ccc(Cl)cc1Cl)Nc1cccc(OCCCc2ccccc2)c1. The van der Waals surface area contributed by atoms with E-state index in [4.69, 9.17) is 32.7 Å². The molecule has 3 aromatic carbocycles. The first-order valence-corrected chi connectivity index (χ1v) is 10.0. The Labute approximate surface area is 180 Å². The van der Waals surface area contributed by atoms with Crippen LogP contribution in [0.2, 0.25) is 10.0 Å². The van der Waals surface area contributed by atoms with Crippen molar-refractivity contribution in [3.8, 4) is 11.5 Å². The lowest BCUT2D eigenvalue weighted by molar-refractivity contribution is -0.118. The molecule has 0 aromatic heterocycles. The van der Waals surface area contributed by atoms with Crippen molar-refractivity contribution in [1.82, 2.24) is 0 Å². The average molecular weight is 430 g/mol. The number of benzene rings is 3. The second kappa shape index (κ2) is 10.7. The number of amides is 1. The van der Waals surface area contributed by atoms with Gasteiger partial charge in [-0.2, -0.15) is 0 Å². The Morgan fingerprint density at radius 2 is 1.72 bits per heavy atom. The highest BCUT2D eigenvalue weighted by Crippen LogP contribution is 2.27. The van der Waals surface area contributed by atoms with Gasteiger partial charge in [-0.15, -0.1) is 0 Å². The third kappa shape index (κ3) is 7.00. The molecule has 0 aliphatic heterocycles. The van der Waals surface area contributed by atoms with E-state index >= 15 is 0 Å². The predicted molar refractivity (Wildman–Crippen MR) is 117 cm³/mol. The van der Waals surface area contributed by atoms with Gasteiger partial charge in [0.15, 0.2) is 6.61 Å². The highest BCUT2D eigenvalue weighted by Gasteiger charge is 2.08. The molecule has 0 bridgehead atoms. The van der Waals surface area contributed by atoms with E-state index in [1.807, 2.05) is 30.3 Å². The molecule has 0 unspecified atom stereocenters. The van der Waals surface area contributed by atoms with E-state index in [0.717, 1.165) is 12.8 Å². The number of anilines is 1. The van der Waals surface area contributed by atoms with Crippen LogP contribution in [0.3, 0.4) is 0 Å². The molecule has 0 fully saturated rings. The summed E-state index contributed by atoms with van der Waals surface area (Å²) < 4.78 is 11.2. The van der Waals surface area contributed by atoms with E-state index in [1.54, 1.807) is 30.3 Å². The lowest BCUT2D eigenvalue weighted by Crippen LogP contribution is -2.20. The van der Waals surface area contributed by atoms with Crippen LogP contribution in [0.15, 0.2) is 72.8 Å². The number of carbonyl (C=O) groups excluding carboxylic acids is 1. The van der Waals surface area contributed by atoms with Crippen LogP contribution in [0.5, 0.6) is 11.5 Å². The van der Waals surface area contributed by atoms with E-state index in [2.05, 4.69) is 17.4 Å². The van der Waals surface area contributed by atoms with Crippen LogP contribution in [-0.2, 0) is 11.2 Å². The number of nitrogens with one attached hydrogen (secondary N) is 1. The van der Waals surface area contributed by atoms with Gasteiger partial charge in [-0.3, -0.25) is 4.79 Å². The molecule has 29 heavy (non-hydrogen) atoms. The summed E-state index contributed by atoms with van der Waals surface area (Å²) in [5, 5.41) is 3.65. The summed E-state index contributed by atoms with van der Waals surface area (Å²) in [6, 6.07) is 22.4. The number of ether oxygens (including phenoxy) is 2. The lowest BCUT2D eigenvalue weighted by Gasteiger charge is -2.11. The van der Waals surface area contributed by atoms with E-state index in [0.29, 0.717) is 33.8 Å². The zero-order valence-electron chi connectivity index (χ0n) is 15.7. The second-order valence-electron chi connectivity index (χ2n) is 6.38. The Bertz CT molecular complexity index is 948. The van der Waals surface area contributed by atoms with Crippen molar-refractivity contribution in [3.63, 3.8) is 0 Å². The Morgan fingerprint density at radius 3 is 2.52 bits per heavy atom. The van der Waals surface area contributed by atoms with E-state index in [-0.39, 0.29) is 12.5 Å². The van der Waals surface area contributed by atoms with Crippen molar-refractivity contribution in [2.45, 2.75) is 12.8 Å². The van der Waals surface area contributed by atoms with E-state index in [1.165, 1.54) is 5.56 Å². The van der Waals surface area contributed by atoms with Crippen LogP contribution < -0.4 is 14.8 Å². The molecule has 0 spiro atoms. The van der Waals surface area contributed by atoms with Gasteiger partial charge < -0.3 is 14.8 Å². The van der Waals surface area contributed by atoms with Crippen molar-refractivity contribution in [2.24, 2.45) is 0 Å². The molecular weight excluding hydrogens is 409 g/mol. The molecule has 0 aliphatic rings. The molecule has 0 saturated heterocycles. The Hall–Kier alpha value is -2.69. The number of carbonyl (C=O) groups is 1. The van der Waals surface area contributed by atoms with Crippen LogP contribution in [0.25, 0.3) is 0 Å². The Kier molecular flexibility index (Phi) is 7.79. The third-order valence-corrected chi connectivity index (χ3v) is 4.62. The highest BCUT2D eigenvalue weighted by molar-refractivity contribution is 6.35. The molecule has 1 amide bonds. The second-order valence-corrected chi connectivity index (χ2v) is 7.22. The smallest absolute Gasteiger partial charge is 0.262 e. The van der Waals surface area contributed by atoms with Crippen molar-refractivity contribution < 1.29 is 14.3 Å². The first-order valence-electron chi connectivity index (χ1n) is 9.24. The highest BCUT2D eigenvalue weighted by atomic mass is 35.5. The normalized spacial score (nSPS) is 10.4. The monoisotopic (exact) mass is 429 g/mol. The molecule has 3 aromatic rings. The first-order chi connectivity index (χ1) is 14.1. The Morgan fingerprint density at radius 1 is 0.897 bits per heavy atom. The lowest BCUT2D eigenvalue weighted by atomic mass is 10.1. The average Bonchev–Trinajstić information content (AvgIpc) is 2.72. The number of halogens is 2. The maximum atomic E-state index is 12.1. The van der Waals surface area contributed by atoms with Gasteiger partial charge in [0.1, 0.15) is 11.5 Å². The van der Waals surface area contributed by atoms with Crippen LogP contribution in [0.1, 0.15) is 12.0 Å². The van der Waals surface area contributed by atoms with Gasteiger partial charge in [0.25, 0.3) is 5.91 Å². The van der Waals surface area contributed by atoms with Gasteiger partial charge in [-0.25, -0.2) is 0 Å². The summed E-state index contributed by atoms with van der Waals surface area (Å²) in [4.78, 5) is 12.1. The Balaban J connectivity index is 1.44. The minimum absolute atomic E-state index is 0.163. The van der Waals surface area contributed by atoms with Gasteiger partial charge >= 0.3 is 0 Å². The molecule has 4 nitrogen and oxygen atoms in total. The summed E-state index contributed by atoms with van der Waals surface area (Å²) >= 11 is 11.9. The van der Waals surface area contributed by atoms with Gasteiger partial charge in [-0.05, 0) is 48.7 Å². The molecule has 0 aliphatic carbocycles. The maximum absolute atomic E-state index is 12.1. The van der Waals surface area contributed by atoms with Crippen molar-refractivity contribution in [1.29, 1.82) is 0 Å². The van der Waals surface area contributed by atoms with Crippen molar-refractivity contribution in [3.05, 3.63) is 88.4 Å². The third-order valence-electron chi connectivity index (χ3n) is 4.09. The summed E-state index contributed by atoms with van der Waals surface area (Å²) in [5.74, 6) is 0.816. The van der Waals surface area contributed by atoms with Crippen LogP contribution in [0.4, 0.5) is 5.69 Å². The van der Waals surface area contributed by atoms with Gasteiger partial charge in [0.05, 0.1) is 11.6 Å². The molecule has 3 rings (SSSR count). The summed E-state index contributed by atoms with van der Waals surface area (Å²) in [6.45, 7) is 0.438. The fourth-order valence-electron chi connectivity index (χ4n) is 2.71. The molecule has 0 saturated carbocycles. The fraction of sp³-hybridized carbons (Fsp3) is 0.174. The number of rotatable bonds is 9. The van der Waals surface area contributed by atoms with Crippen molar-refractivity contribution >= 4 is 34.8 Å². The predicted octanol–water partition coefficient (Wildman–Crippen LogP) is 6.02. The minimum Gasteiger partial charge on any atom is -0.494 e. The van der Waals surface area contributed by atoms with Crippen LogP contribution in [-0.4, -0.2) is 19.1 Å². The summed E-state index contributed by atoms with van der Waals surface area (Å²) in [6.07, 6.45) is 1.87. The number of aryl methyl sites for hydroxylation is 1. The molecule has 6 heteroatoms. The zero-order chi connectivity index (χ0) is 20.5. The van der Waals surface area contributed by atoms with Crippen LogP contribution in [0, 0.1) is 0 Å². The summed E-state index contributed by atoms with van der Waals surface area (Å²) in [7, 11) is 0. The van der Waals surface area contributed by atoms with Crippen LogP contribution >= 0.6 is 23.2 Å². The number of hydrogen-bond donors (Lipinski definition) is 1. The standard InChI is InChI=1S/C23H21Cl2NO3/c24-18-11-12-22(21(25)14-18)29-16-23(27)26-19-9-4-10-20(15-19)28-13-5-8-17-6-2-1-3-7-17/h1-4,6-7,9-12,14-15H,5,8,13,16H2,(H,26,27). The molecule has 1 N–H and O–H groups in total. The fourth-order valence-corrected chi connectivity index (χ4v) is 3.17. The molecule has 0 atom stereocenters. The first kappa shape index (κ1) is 21.0. The minimum atomic E-state index is -0.294. The topological polar surface area (TPSA) is 47.6 Å². The maximum Gasteiger partial charge on any atom is 0.262 e. The quantitative estimate of drug-likeness (QED) is 0.422. The molecule has 150 valence electrons. The summed E-state index contributed by atoms with van der Waals surface area (Å²) in [5.41, 5.74) is 1.93. The molecule has 0 heterocycles. The largest absolute Gasteiger partial charge is 0.494 e. The molecule has 0 radical (unpaired) electrons. The van der Waals surface area contributed by atoms with Crippen molar-refractivity contribution in [2.75, 3.05) is 18.5 Å². The molecular formula is C23H21Cl2NO3. The van der Waals surface area contributed by atoms with Gasteiger partial charge in [0.2, 0.25) is 0 Å². The van der Waals surface area contributed by atoms with E-state index < -0.39 is 0 Å². The van der Waals surface area contributed by atoms with Gasteiger partial charge in [0, 0.05) is 16.8 Å². The zero-order valence-corrected chi connectivity index (χ0v) is 17.2. The van der Waals surface area contributed by atoms with Gasteiger partial charge in [-0.1, -0.05) is 59.6 Å². The van der Waals surface area contributed by atoms with E-state index in [9.17, 15) is 4.79 Å². The number of hydrogen-bond acceptors (Lipinski definition) is 3.